The number of halogens is 1. The van der Waals surface area contributed by atoms with Gasteiger partial charge in [0.2, 0.25) is 0 Å². The van der Waals surface area contributed by atoms with Gasteiger partial charge in [-0.05, 0) is 64.1 Å². The molecule has 0 radical (unpaired) electrons. The van der Waals surface area contributed by atoms with Gasteiger partial charge in [0.05, 0.1) is 23.4 Å². The Labute approximate surface area is 167 Å². The van der Waals surface area contributed by atoms with Crippen molar-refractivity contribution in [2.45, 2.75) is 6.54 Å². The fraction of sp³-hybridized carbons (Fsp3) is 0.0526. The first-order valence-corrected chi connectivity index (χ1v) is 10.3. The minimum atomic E-state index is -0.0643. The molecule has 4 nitrogen and oxygen atoms in total. The van der Waals surface area contributed by atoms with Gasteiger partial charge in [0.25, 0.3) is 5.91 Å². The zero-order valence-corrected chi connectivity index (χ0v) is 16.7. The number of thioether (sulfide) groups is 1. The summed E-state index contributed by atoms with van der Waals surface area (Å²) in [6.07, 6.45) is 3.52. The molecule has 0 saturated carbocycles. The smallest absolute Gasteiger partial charge is 0.267 e. The van der Waals surface area contributed by atoms with Gasteiger partial charge < -0.3 is 4.42 Å². The van der Waals surface area contributed by atoms with Gasteiger partial charge in [-0.2, -0.15) is 0 Å². The normalized spacial score (nSPS) is 17.6. The maximum absolute atomic E-state index is 13.0. The molecule has 1 aliphatic heterocycles. The second kappa shape index (κ2) is 7.65. The number of amides is 1. The van der Waals surface area contributed by atoms with E-state index in [1.54, 1.807) is 22.5 Å². The van der Waals surface area contributed by atoms with Gasteiger partial charge in [-0.1, -0.05) is 18.2 Å². The third kappa shape index (κ3) is 3.85. The number of benzene rings is 1. The van der Waals surface area contributed by atoms with Gasteiger partial charge >= 0.3 is 0 Å². The third-order valence-corrected chi connectivity index (χ3v) is 6.27. The van der Waals surface area contributed by atoms with Crippen molar-refractivity contribution >= 4 is 61.9 Å². The van der Waals surface area contributed by atoms with Crippen molar-refractivity contribution in [1.82, 2.24) is 4.90 Å². The largest absolute Gasteiger partial charge is 0.467 e. The first kappa shape index (κ1) is 17.3. The number of hydrogen-bond acceptors (Lipinski definition) is 5. The maximum atomic E-state index is 13.0. The zero-order valence-electron chi connectivity index (χ0n) is 13.5. The highest BCUT2D eigenvalue weighted by Crippen LogP contribution is 2.36. The summed E-state index contributed by atoms with van der Waals surface area (Å²) in [6.45, 7) is 0.357. The Balaban J connectivity index is 1.69. The molecule has 130 valence electrons. The second-order valence-corrected chi connectivity index (χ2v) is 8.35. The first-order valence-electron chi connectivity index (χ1n) is 7.80. The predicted octanol–water partition coefficient (Wildman–Crippen LogP) is 5.91. The van der Waals surface area contributed by atoms with Crippen LogP contribution < -0.4 is 0 Å². The van der Waals surface area contributed by atoms with Crippen LogP contribution in [0.25, 0.3) is 6.08 Å². The quantitative estimate of drug-likeness (QED) is 0.469. The van der Waals surface area contributed by atoms with E-state index in [0.29, 0.717) is 16.6 Å². The summed E-state index contributed by atoms with van der Waals surface area (Å²) in [5, 5.41) is 2.65. The Hall–Kier alpha value is -2.09. The van der Waals surface area contributed by atoms with Gasteiger partial charge in [0.15, 0.2) is 5.17 Å². The van der Waals surface area contributed by atoms with Gasteiger partial charge in [-0.15, -0.1) is 11.3 Å². The van der Waals surface area contributed by atoms with Crippen molar-refractivity contribution < 1.29 is 9.21 Å². The minimum absolute atomic E-state index is 0.0643. The van der Waals surface area contributed by atoms with E-state index in [9.17, 15) is 4.79 Å². The van der Waals surface area contributed by atoms with Gasteiger partial charge in [0.1, 0.15) is 5.76 Å². The standard InChI is InChI=1S/C19H13BrN2O2S2/c20-13-9-16(25-12-13)10-17-18(23)22(11-15-7-4-8-24-15)19(26-17)21-14-5-2-1-3-6-14/h1-10,12H,11H2/b17-10-,21-19?. The summed E-state index contributed by atoms with van der Waals surface area (Å²) in [7, 11) is 0. The Morgan fingerprint density at radius 3 is 2.73 bits per heavy atom. The summed E-state index contributed by atoms with van der Waals surface area (Å²) in [4.78, 5) is 20.9. The Kier molecular flexibility index (Phi) is 5.10. The maximum Gasteiger partial charge on any atom is 0.267 e. The SMILES string of the molecule is O=C1/C(=C/c2cc(Br)cs2)SC(=Nc2ccccc2)N1Cc1ccco1. The van der Waals surface area contributed by atoms with E-state index in [2.05, 4.69) is 20.9 Å². The molecule has 0 atom stereocenters. The average molecular weight is 445 g/mol. The van der Waals surface area contributed by atoms with E-state index in [-0.39, 0.29) is 5.91 Å². The van der Waals surface area contributed by atoms with Gasteiger partial charge in [0, 0.05) is 14.7 Å². The molecule has 1 fully saturated rings. The molecule has 2 aromatic heterocycles. The molecule has 1 aliphatic rings. The van der Waals surface area contributed by atoms with Crippen molar-refractivity contribution in [1.29, 1.82) is 0 Å². The molecule has 0 bridgehead atoms. The number of hydrogen-bond donors (Lipinski definition) is 0. The average Bonchev–Trinajstić information content (AvgIpc) is 3.35. The fourth-order valence-corrected chi connectivity index (χ4v) is 4.87. The van der Waals surface area contributed by atoms with Crippen LogP contribution >= 0.6 is 39.0 Å². The van der Waals surface area contributed by atoms with Crippen molar-refractivity contribution in [2.75, 3.05) is 0 Å². The van der Waals surface area contributed by atoms with E-state index in [1.165, 1.54) is 11.8 Å². The topological polar surface area (TPSA) is 45.8 Å². The minimum Gasteiger partial charge on any atom is -0.467 e. The molecule has 3 heterocycles. The highest BCUT2D eigenvalue weighted by Gasteiger charge is 2.34. The monoisotopic (exact) mass is 444 g/mol. The lowest BCUT2D eigenvalue weighted by atomic mass is 10.3. The molecule has 4 rings (SSSR count). The van der Waals surface area contributed by atoms with Gasteiger partial charge in [-0.25, -0.2) is 4.99 Å². The zero-order chi connectivity index (χ0) is 17.9. The fourth-order valence-electron chi connectivity index (χ4n) is 2.44. The predicted molar refractivity (Wildman–Crippen MR) is 110 cm³/mol. The number of para-hydroxylation sites is 1. The lowest BCUT2D eigenvalue weighted by Gasteiger charge is -2.13. The molecular weight excluding hydrogens is 432 g/mol. The first-order chi connectivity index (χ1) is 12.7. The molecule has 0 aliphatic carbocycles. The summed E-state index contributed by atoms with van der Waals surface area (Å²) in [6, 6.07) is 15.3. The number of furan rings is 1. The molecule has 26 heavy (non-hydrogen) atoms. The summed E-state index contributed by atoms with van der Waals surface area (Å²) in [5.41, 5.74) is 0.812. The molecule has 1 aromatic carbocycles. The lowest BCUT2D eigenvalue weighted by Crippen LogP contribution is -2.28. The molecule has 0 N–H and O–H groups in total. The van der Waals surface area contributed by atoms with E-state index in [0.717, 1.165) is 20.8 Å². The molecule has 1 saturated heterocycles. The van der Waals surface area contributed by atoms with Crippen LogP contribution in [0.2, 0.25) is 0 Å². The van der Waals surface area contributed by atoms with Crippen molar-refractivity contribution in [3.63, 3.8) is 0 Å². The molecule has 1 amide bonds. The van der Waals surface area contributed by atoms with Crippen LogP contribution in [-0.2, 0) is 11.3 Å². The molecule has 0 unspecified atom stereocenters. The molecule has 3 aromatic rings. The second-order valence-electron chi connectivity index (χ2n) is 5.48. The van der Waals surface area contributed by atoms with Crippen LogP contribution in [-0.4, -0.2) is 16.0 Å². The van der Waals surface area contributed by atoms with Gasteiger partial charge in [-0.3, -0.25) is 9.69 Å². The summed E-state index contributed by atoms with van der Waals surface area (Å²) < 4.78 is 6.43. The number of carbonyl (C=O) groups is 1. The summed E-state index contributed by atoms with van der Waals surface area (Å²) >= 11 is 6.42. The van der Waals surface area contributed by atoms with E-state index < -0.39 is 0 Å². The highest BCUT2D eigenvalue weighted by molar-refractivity contribution is 9.10. The van der Waals surface area contributed by atoms with Crippen molar-refractivity contribution in [2.24, 2.45) is 4.99 Å². The van der Waals surface area contributed by atoms with Crippen molar-refractivity contribution in [3.8, 4) is 0 Å². The van der Waals surface area contributed by atoms with Crippen LogP contribution in [0.15, 0.2) is 79.0 Å². The van der Waals surface area contributed by atoms with Crippen molar-refractivity contribution in [3.05, 3.63) is 80.2 Å². The van der Waals surface area contributed by atoms with Crippen LogP contribution in [0, 0.1) is 0 Å². The van der Waals surface area contributed by atoms with E-state index in [1.807, 2.05) is 60.0 Å². The number of aliphatic imine (C=N–C) groups is 1. The molecule has 0 spiro atoms. The number of thiophene rings is 1. The number of nitrogens with zero attached hydrogens (tertiary/aromatic N) is 2. The number of carbonyl (C=O) groups excluding carboxylic acids is 1. The Morgan fingerprint density at radius 1 is 1.19 bits per heavy atom. The molecular formula is C19H13BrN2O2S2. The van der Waals surface area contributed by atoms with Crippen LogP contribution in [0.1, 0.15) is 10.6 Å². The highest BCUT2D eigenvalue weighted by atomic mass is 79.9. The summed E-state index contributed by atoms with van der Waals surface area (Å²) in [5.74, 6) is 0.658. The van der Waals surface area contributed by atoms with E-state index >= 15 is 0 Å². The van der Waals surface area contributed by atoms with Crippen LogP contribution in [0.4, 0.5) is 5.69 Å². The number of amidine groups is 1. The molecule has 7 heteroatoms. The van der Waals surface area contributed by atoms with Crippen LogP contribution in [0.5, 0.6) is 0 Å². The number of rotatable bonds is 4. The van der Waals surface area contributed by atoms with E-state index in [4.69, 9.17) is 4.42 Å². The Bertz CT molecular complexity index is 978. The lowest BCUT2D eigenvalue weighted by molar-refractivity contribution is -0.122. The third-order valence-electron chi connectivity index (χ3n) is 3.62. The van der Waals surface area contributed by atoms with Crippen LogP contribution in [0.3, 0.4) is 0 Å². The Morgan fingerprint density at radius 2 is 2.04 bits per heavy atom.